The van der Waals surface area contributed by atoms with E-state index in [2.05, 4.69) is 35.7 Å². The number of rotatable bonds is 4. The molecule has 0 amide bonds. The Kier molecular flexibility index (Phi) is 3.83. The van der Waals surface area contributed by atoms with Gasteiger partial charge in [0.25, 0.3) is 0 Å². The summed E-state index contributed by atoms with van der Waals surface area (Å²) in [7, 11) is 0. The molecule has 0 aliphatic rings. The van der Waals surface area contributed by atoms with Gasteiger partial charge < -0.3 is 5.32 Å². The molecule has 15 heavy (non-hydrogen) atoms. The van der Waals surface area contributed by atoms with Crippen LogP contribution < -0.4 is 5.32 Å². The van der Waals surface area contributed by atoms with Crippen molar-refractivity contribution in [3.8, 4) is 0 Å². The average Bonchev–Trinajstić information content (AvgIpc) is 2.13. The molecule has 1 heterocycles. The van der Waals surface area contributed by atoms with Crippen molar-refractivity contribution in [3.63, 3.8) is 0 Å². The number of nitrogens with one attached hydrogen (secondary N) is 1. The molecule has 0 saturated heterocycles. The Hall–Kier alpha value is -1.38. The van der Waals surface area contributed by atoms with Crippen molar-refractivity contribution in [2.75, 3.05) is 11.9 Å². The number of anilines is 1. The number of aryl methyl sites for hydroxylation is 1. The highest BCUT2D eigenvalue weighted by Crippen LogP contribution is 2.14. The molecule has 1 rings (SSSR count). The van der Waals surface area contributed by atoms with E-state index in [4.69, 9.17) is 0 Å². The zero-order valence-corrected chi connectivity index (χ0v) is 9.96. The van der Waals surface area contributed by atoms with Gasteiger partial charge in [0.1, 0.15) is 0 Å². The Labute approximate surface area is 91.7 Å². The van der Waals surface area contributed by atoms with Gasteiger partial charge >= 0.3 is 0 Å². The first kappa shape index (κ1) is 11.7. The van der Waals surface area contributed by atoms with Crippen LogP contribution in [0.15, 0.2) is 18.2 Å². The third-order valence-corrected chi connectivity index (χ3v) is 2.01. The summed E-state index contributed by atoms with van der Waals surface area (Å²) in [6, 6.07) is 2.02. The molecule has 1 aromatic rings. The summed E-state index contributed by atoms with van der Waals surface area (Å²) >= 11 is 0. The maximum Gasteiger partial charge on any atom is 0.223 e. The third-order valence-electron chi connectivity index (χ3n) is 2.01. The molecule has 0 saturated carbocycles. The van der Waals surface area contributed by atoms with Crippen LogP contribution in [0.25, 0.3) is 0 Å². The molecular weight excluding hydrogens is 186 g/mol. The van der Waals surface area contributed by atoms with E-state index in [0.29, 0.717) is 11.9 Å². The van der Waals surface area contributed by atoms with E-state index in [9.17, 15) is 0 Å². The van der Waals surface area contributed by atoms with Crippen molar-refractivity contribution in [1.29, 1.82) is 0 Å². The fourth-order valence-corrected chi connectivity index (χ4v) is 1.20. The van der Waals surface area contributed by atoms with E-state index >= 15 is 0 Å². The first-order chi connectivity index (χ1) is 6.99. The Bertz CT molecular complexity index is 356. The Morgan fingerprint density at radius 2 is 2.13 bits per heavy atom. The summed E-state index contributed by atoms with van der Waals surface area (Å²) in [6.45, 7) is 12.8. The predicted octanol–water partition coefficient (Wildman–Crippen LogP) is 2.90. The molecule has 0 unspecified atom stereocenters. The van der Waals surface area contributed by atoms with Crippen LogP contribution in [-0.2, 0) is 0 Å². The lowest BCUT2D eigenvalue weighted by atomic mass is 10.1. The van der Waals surface area contributed by atoms with Crippen molar-refractivity contribution in [2.45, 2.75) is 33.6 Å². The van der Waals surface area contributed by atoms with Crippen molar-refractivity contribution >= 4 is 5.95 Å². The Morgan fingerprint density at radius 3 is 2.67 bits per heavy atom. The number of aromatic nitrogens is 2. The molecule has 82 valence electrons. The Balaban J connectivity index is 2.84. The van der Waals surface area contributed by atoms with Gasteiger partial charge in [-0.3, -0.25) is 0 Å². The van der Waals surface area contributed by atoms with Gasteiger partial charge in [-0.1, -0.05) is 26.0 Å². The van der Waals surface area contributed by atoms with Crippen LogP contribution in [0.3, 0.4) is 0 Å². The maximum atomic E-state index is 4.44. The molecule has 0 atom stereocenters. The quantitative estimate of drug-likeness (QED) is 0.768. The van der Waals surface area contributed by atoms with Gasteiger partial charge in [0.2, 0.25) is 5.95 Å². The molecule has 3 nitrogen and oxygen atoms in total. The molecule has 1 aromatic heterocycles. The second-order valence-corrected chi connectivity index (χ2v) is 4.22. The molecule has 0 aliphatic carbocycles. The second-order valence-electron chi connectivity index (χ2n) is 4.22. The first-order valence-corrected chi connectivity index (χ1v) is 5.23. The van der Waals surface area contributed by atoms with Crippen LogP contribution >= 0.6 is 0 Å². The third kappa shape index (κ3) is 3.70. The van der Waals surface area contributed by atoms with E-state index in [1.165, 1.54) is 0 Å². The minimum Gasteiger partial charge on any atom is -0.350 e. The lowest BCUT2D eigenvalue weighted by Crippen LogP contribution is -2.08. The predicted molar refractivity (Wildman–Crippen MR) is 64.2 cm³/mol. The highest BCUT2D eigenvalue weighted by atomic mass is 15.1. The van der Waals surface area contributed by atoms with Gasteiger partial charge in [0, 0.05) is 17.9 Å². The maximum absolute atomic E-state index is 4.44. The summed E-state index contributed by atoms with van der Waals surface area (Å²) in [5, 5.41) is 3.16. The molecule has 1 N–H and O–H groups in total. The minimum absolute atomic E-state index is 0.428. The van der Waals surface area contributed by atoms with Gasteiger partial charge in [-0.15, -0.1) is 0 Å². The molecule has 3 heteroatoms. The van der Waals surface area contributed by atoms with Crippen molar-refractivity contribution in [3.05, 3.63) is 29.6 Å². The monoisotopic (exact) mass is 205 g/mol. The van der Waals surface area contributed by atoms with E-state index in [1.807, 2.05) is 19.9 Å². The SMILES string of the molecule is C=C(C)CNc1nc(C)cc(C(C)C)n1. The lowest BCUT2D eigenvalue weighted by Gasteiger charge is -2.09. The summed E-state index contributed by atoms with van der Waals surface area (Å²) in [6.07, 6.45) is 0. The van der Waals surface area contributed by atoms with Gasteiger partial charge in [-0.25, -0.2) is 9.97 Å². The smallest absolute Gasteiger partial charge is 0.223 e. The molecule has 0 radical (unpaired) electrons. The number of hydrogen-bond donors (Lipinski definition) is 1. The molecule has 0 aliphatic heterocycles. The zero-order chi connectivity index (χ0) is 11.4. The van der Waals surface area contributed by atoms with Crippen LogP contribution in [0.5, 0.6) is 0 Å². The highest BCUT2D eigenvalue weighted by molar-refractivity contribution is 5.30. The van der Waals surface area contributed by atoms with Crippen molar-refractivity contribution < 1.29 is 0 Å². The van der Waals surface area contributed by atoms with Gasteiger partial charge in [-0.2, -0.15) is 0 Å². The molecular formula is C12H19N3. The average molecular weight is 205 g/mol. The van der Waals surface area contributed by atoms with Gasteiger partial charge in [-0.05, 0) is 25.8 Å². The summed E-state index contributed by atoms with van der Waals surface area (Å²) < 4.78 is 0. The molecule has 0 bridgehead atoms. The van der Waals surface area contributed by atoms with Crippen molar-refractivity contribution in [2.24, 2.45) is 0 Å². The molecule has 0 fully saturated rings. The van der Waals surface area contributed by atoms with Crippen LogP contribution in [0.2, 0.25) is 0 Å². The largest absolute Gasteiger partial charge is 0.350 e. The first-order valence-electron chi connectivity index (χ1n) is 5.23. The molecule has 0 aromatic carbocycles. The lowest BCUT2D eigenvalue weighted by molar-refractivity contribution is 0.810. The number of hydrogen-bond acceptors (Lipinski definition) is 3. The summed E-state index contributed by atoms with van der Waals surface area (Å²) in [5.41, 5.74) is 3.15. The van der Waals surface area contributed by atoms with Crippen LogP contribution in [-0.4, -0.2) is 16.5 Å². The van der Waals surface area contributed by atoms with Crippen molar-refractivity contribution in [1.82, 2.24) is 9.97 Å². The fourth-order valence-electron chi connectivity index (χ4n) is 1.20. The summed E-state index contributed by atoms with van der Waals surface area (Å²) in [5.74, 6) is 1.12. The normalized spacial score (nSPS) is 10.5. The van der Waals surface area contributed by atoms with Crippen LogP contribution in [0.4, 0.5) is 5.95 Å². The standard InChI is InChI=1S/C12H19N3/c1-8(2)7-13-12-14-10(5)6-11(15-12)9(3)4/h6,9H,1,7H2,2-5H3,(H,13,14,15). The minimum atomic E-state index is 0.428. The molecule has 0 spiro atoms. The van der Waals surface area contributed by atoms with Crippen LogP contribution in [0, 0.1) is 6.92 Å². The van der Waals surface area contributed by atoms with E-state index in [0.717, 1.165) is 23.5 Å². The van der Waals surface area contributed by atoms with Gasteiger partial charge in [0.15, 0.2) is 0 Å². The fraction of sp³-hybridized carbons (Fsp3) is 0.500. The van der Waals surface area contributed by atoms with Crippen LogP contribution in [0.1, 0.15) is 38.1 Å². The highest BCUT2D eigenvalue weighted by Gasteiger charge is 2.05. The van der Waals surface area contributed by atoms with E-state index in [1.54, 1.807) is 0 Å². The van der Waals surface area contributed by atoms with E-state index in [-0.39, 0.29) is 0 Å². The summed E-state index contributed by atoms with van der Waals surface area (Å²) in [4.78, 5) is 8.77. The number of nitrogens with zero attached hydrogens (tertiary/aromatic N) is 2. The second kappa shape index (κ2) is 4.91. The van der Waals surface area contributed by atoms with E-state index < -0.39 is 0 Å². The topological polar surface area (TPSA) is 37.8 Å². The van der Waals surface area contributed by atoms with Gasteiger partial charge in [0.05, 0.1) is 0 Å². The zero-order valence-electron chi connectivity index (χ0n) is 9.96. The Morgan fingerprint density at radius 1 is 1.47 bits per heavy atom.